The first-order valence-corrected chi connectivity index (χ1v) is 11.2. The van der Waals surface area contributed by atoms with E-state index in [-0.39, 0.29) is 5.75 Å². The van der Waals surface area contributed by atoms with Gasteiger partial charge in [0.25, 0.3) is 0 Å². The third-order valence-electron chi connectivity index (χ3n) is 5.80. The molecule has 3 aromatic rings. The van der Waals surface area contributed by atoms with Gasteiger partial charge in [-0.15, -0.1) is 21.5 Å². The normalized spacial score (nSPS) is 18.9. The number of phenolic OH excluding ortho intramolecular Hbond substituents is 1. The minimum atomic E-state index is -0.415. The van der Waals surface area contributed by atoms with Crippen LogP contribution in [0.1, 0.15) is 24.3 Å². The van der Waals surface area contributed by atoms with Crippen molar-refractivity contribution in [3.05, 3.63) is 41.3 Å². The molecule has 5 rings (SSSR count). The van der Waals surface area contributed by atoms with Crippen LogP contribution in [0, 0.1) is 18.7 Å². The van der Waals surface area contributed by atoms with E-state index in [0.29, 0.717) is 27.7 Å². The van der Waals surface area contributed by atoms with Crippen LogP contribution in [0.25, 0.3) is 21.7 Å². The van der Waals surface area contributed by atoms with Crippen molar-refractivity contribution in [3.8, 4) is 27.4 Å². The van der Waals surface area contributed by atoms with Crippen molar-refractivity contribution in [2.45, 2.75) is 32.2 Å². The predicted octanol–water partition coefficient (Wildman–Crippen LogP) is 4.00. The van der Waals surface area contributed by atoms with E-state index in [1.165, 1.54) is 36.3 Å². The second kappa shape index (κ2) is 7.92. The zero-order chi connectivity index (χ0) is 20.7. The average molecular weight is 426 g/mol. The highest BCUT2D eigenvalue weighted by Gasteiger charge is 2.27. The van der Waals surface area contributed by atoms with E-state index < -0.39 is 5.82 Å². The van der Waals surface area contributed by atoms with Gasteiger partial charge in [0, 0.05) is 36.5 Å². The zero-order valence-corrected chi connectivity index (χ0v) is 17.6. The van der Waals surface area contributed by atoms with Gasteiger partial charge in [-0.1, -0.05) is 0 Å². The van der Waals surface area contributed by atoms with E-state index in [2.05, 4.69) is 25.4 Å². The number of nitrogens with one attached hydrogen (secondary N) is 1. The van der Waals surface area contributed by atoms with Crippen LogP contribution in [0.3, 0.4) is 0 Å². The lowest BCUT2D eigenvalue weighted by molar-refractivity contribution is 0.475. The Morgan fingerprint density at radius 3 is 2.77 bits per heavy atom. The Bertz CT molecular complexity index is 1050. The number of thiazole rings is 1. The lowest BCUT2D eigenvalue weighted by atomic mass is 10.1. The highest BCUT2D eigenvalue weighted by molar-refractivity contribution is 7.15. The number of anilines is 1. The number of hydrogen-bond donors (Lipinski definition) is 2. The molecule has 2 fully saturated rings. The first kappa shape index (κ1) is 19.4. The number of hydrogen-bond acceptors (Lipinski definition) is 7. The third kappa shape index (κ3) is 4.02. The number of rotatable bonds is 6. The number of benzene rings is 1. The molecule has 2 aliphatic rings. The number of aryl methyl sites for hydroxylation is 1. The molecule has 0 bridgehead atoms. The molecule has 156 valence electrons. The Morgan fingerprint density at radius 2 is 2.07 bits per heavy atom. The minimum Gasteiger partial charge on any atom is -0.507 e. The standard InChI is InChI=1S/C22H24FN5OS/c1-13-24-11-21(30-13)16-9-20(29)17(8-18(16)23)19-4-5-22(27-26-19)28-7-6-15(12-28)25-10-14-2-3-14/h4-5,8-9,11,14-15,25,29H,2-3,6-7,10,12H2,1H3/t15-/m0/s1. The summed E-state index contributed by atoms with van der Waals surface area (Å²) < 4.78 is 14.7. The molecule has 30 heavy (non-hydrogen) atoms. The molecular formula is C22H24FN5OS. The maximum absolute atomic E-state index is 14.7. The van der Waals surface area contributed by atoms with Crippen molar-refractivity contribution in [2.24, 2.45) is 5.92 Å². The van der Waals surface area contributed by atoms with E-state index >= 15 is 0 Å². The molecule has 1 aromatic carbocycles. The monoisotopic (exact) mass is 425 g/mol. The van der Waals surface area contributed by atoms with E-state index in [4.69, 9.17) is 0 Å². The van der Waals surface area contributed by atoms with Gasteiger partial charge in [-0.3, -0.25) is 0 Å². The fraction of sp³-hybridized carbons (Fsp3) is 0.409. The topological polar surface area (TPSA) is 74.2 Å². The summed E-state index contributed by atoms with van der Waals surface area (Å²) in [5.74, 6) is 1.25. The Hall–Kier alpha value is -2.58. The molecule has 0 amide bonds. The van der Waals surface area contributed by atoms with Crippen LogP contribution in [0.15, 0.2) is 30.5 Å². The lowest BCUT2D eigenvalue weighted by Crippen LogP contribution is -2.34. The van der Waals surface area contributed by atoms with Crippen molar-refractivity contribution < 1.29 is 9.50 Å². The summed E-state index contributed by atoms with van der Waals surface area (Å²) in [5.41, 5.74) is 1.12. The molecule has 1 aliphatic carbocycles. The zero-order valence-electron chi connectivity index (χ0n) is 16.8. The molecular weight excluding hydrogens is 401 g/mol. The van der Waals surface area contributed by atoms with Gasteiger partial charge in [0.2, 0.25) is 0 Å². The van der Waals surface area contributed by atoms with Gasteiger partial charge >= 0.3 is 0 Å². The average Bonchev–Trinajstić information content (AvgIpc) is 3.28. The molecule has 8 heteroatoms. The smallest absolute Gasteiger partial charge is 0.151 e. The Balaban J connectivity index is 1.31. The van der Waals surface area contributed by atoms with Gasteiger partial charge < -0.3 is 15.3 Å². The van der Waals surface area contributed by atoms with Crippen molar-refractivity contribution in [1.82, 2.24) is 20.5 Å². The van der Waals surface area contributed by atoms with Gasteiger partial charge in [-0.05, 0) is 62.9 Å². The molecule has 3 heterocycles. The van der Waals surface area contributed by atoms with Crippen LogP contribution in [-0.4, -0.2) is 46.0 Å². The summed E-state index contributed by atoms with van der Waals surface area (Å²) in [6.45, 7) is 4.84. The molecule has 0 spiro atoms. The number of aromatic nitrogens is 3. The molecule has 1 saturated heterocycles. The van der Waals surface area contributed by atoms with Gasteiger partial charge in [0.15, 0.2) is 5.82 Å². The van der Waals surface area contributed by atoms with Gasteiger partial charge in [0.05, 0.1) is 15.6 Å². The highest BCUT2D eigenvalue weighted by atomic mass is 32.1. The van der Waals surface area contributed by atoms with Gasteiger partial charge in [0.1, 0.15) is 11.6 Å². The molecule has 0 radical (unpaired) electrons. The Kier molecular flexibility index (Phi) is 5.12. The van der Waals surface area contributed by atoms with Crippen molar-refractivity contribution in [2.75, 3.05) is 24.5 Å². The van der Waals surface area contributed by atoms with Crippen LogP contribution in [0.4, 0.5) is 10.2 Å². The minimum absolute atomic E-state index is 0.0231. The highest BCUT2D eigenvalue weighted by Crippen LogP contribution is 2.37. The largest absolute Gasteiger partial charge is 0.507 e. The first-order valence-electron chi connectivity index (χ1n) is 10.3. The maximum Gasteiger partial charge on any atom is 0.151 e. The molecule has 0 unspecified atom stereocenters. The number of halogens is 1. The fourth-order valence-electron chi connectivity index (χ4n) is 3.87. The predicted molar refractivity (Wildman–Crippen MR) is 116 cm³/mol. The van der Waals surface area contributed by atoms with Gasteiger partial charge in [-0.2, -0.15) is 0 Å². The molecule has 1 saturated carbocycles. The summed E-state index contributed by atoms with van der Waals surface area (Å²) in [5, 5.41) is 23.6. The van der Waals surface area contributed by atoms with E-state index in [1.54, 1.807) is 12.3 Å². The summed E-state index contributed by atoms with van der Waals surface area (Å²) in [7, 11) is 0. The van der Waals surface area contributed by atoms with Gasteiger partial charge in [-0.25, -0.2) is 9.37 Å². The number of aromatic hydroxyl groups is 1. The van der Waals surface area contributed by atoms with E-state index in [9.17, 15) is 9.50 Å². The fourth-order valence-corrected chi connectivity index (χ4v) is 4.66. The maximum atomic E-state index is 14.7. The van der Waals surface area contributed by atoms with E-state index in [0.717, 1.165) is 42.8 Å². The summed E-state index contributed by atoms with van der Waals surface area (Å²) in [6, 6.07) is 6.93. The first-order chi connectivity index (χ1) is 14.6. The van der Waals surface area contributed by atoms with Crippen LogP contribution < -0.4 is 10.2 Å². The number of nitrogens with zero attached hydrogens (tertiary/aromatic N) is 4. The summed E-state index contributed by atoms with van der Waals surface area (Å²) >= 11 is 1.39. The van der Waals surface area contributed by atoms with Crippen LogP contribution in [0.2, 0.25) is 0 Å². The number of phenols is 1. The molecule has 1 aliphatic heterocycles. The molecule has 1 atom stereocenters. The second-order valence-electron chi connectivity index (χ2n) is 8.15. The van der Waals surface area contributed by atoms with Crippen molar-refractivity contribution in [3.63, 3.8) is 0 Å². The van der Waals surface area contributed by atoms with Crippen molar-refractivity contribution >= 4 is 17.2 Å². The van der Waals surface area contributed by atoms with E-state index in [1.807, 2.05) is 13.0 Å². The second-order valence-corrected chi connectivity index (χ2v) is 9.39. The molecule has 2 N–H and O–H groups in total. The Labute approximate surface area is 178 Å². The van der Waals surface area contributed by atoms with Crippen molar-refractivity contribution in [1.29, 1.82) is 0 Å². The third-order valence-corrected chi connectivity index (χ3v) is 6.75. The van der Waals surface area contributed by atoms with Crippen LogP contribution in [0.5, 0.6) is 5.75 Å². The molecule has 2 aromatic heterocycles. The SMILES string of the molecule is Cc1ncc(-c2cc(O)c(-c3ccc(N4CC[C@H](NCC5CC5)C4)nn3)cc2F)s1. The van der Waals surface area contributed by atoms with Crippen LogP contribution in [-0.2, 0) is 0 Å². The molecule has 6 nitrogen and oxygen atoms in total. The summed E-state index contributed by atoms with van der Waals surface area (Å²) in [4.78, 5) is 7.07. The quantitative estimate of drug-likeness (QED) is 0.622. The lowest BCUT2D eigenvalue weighted by Gasteiger charge is -2.17. The summed E-state index contributed by atoms with van der Waals surface area (Å²) in [6.07, 6.45) is 5.43. The van der Waals surface area contributed by atoms with Crippen LogP contribution >= 0.6 is 11.3 Å². The Morgan fingerprint density at radius 1 is 1.20 bits per heavy atom.